The SMILES string of the molecule is CC.CCC(=O)CC(NC(=O)OCC1=CCCC=C1)C(=O)OC.CN. The van der Waals surface area contributed by atoms with Crippen molar-refractivity contribution in [3.63, 3.8) is 0 Å². The Morgan fingerprint density at radius 3 is 2.36 bits per heavy atom. The Kier molecular flexibility index (Phi) is 16.8. The highest BCUT2D eigenvalue weighted by molar-refractivity contribution is 5.88. The van der Waals surface area contributed by atoms with E-state index in [2.05, 4.69) is 15.8 Å². The Morgan fingerprint density at radius 1 is 1.24 bits per heavy atom. The topological polar surface area (TPSA) is 108 Å². The highest BCUT2D eigenvalue weighted by Crippen LogP contribution is 2.09. The summed E-state index contributed by atoms with van der Waals surface area (Å²) in [4.78, 5) is 34.6. The smallest absolute Gasteiger partial charge is 0.408 e. The third-order valence-corrected chi connectivity index (χ3v) is 3.05. The molecule has 1 rings (SSSR count). The first-order valence-electron chi connectivity index (χ1n) is 8.53. The Morgan fingerprint density at radius 2 is 1.88 bits per heavy atom. The zero-order chi connectivity index (χ0) is 19.7. The van der Waals surface area contributed by atoms with Crippen molar-refractivity contribution >= 4 is 17.8 Å². The van der Waals surface area contributed by atoms with Gasteiger partial charge in [0.15, 0.2) is 0 Å². The molecular formula is C18H32N2O5. The molecule has 0 aliphatic heterocycles. The lowest BCUT2D eigenvalue weighted by atomic mass is 10.1. The van der Waals surface area contributed by atoms with E-state index in [4.69, 9.17) is 4.74 Å². The lowest BCUT2D eigenvalue weighted by Crippen LogP contribution is -2.43. The minimum Gasteiger partial charge on any atom is -0.467 e. The molecule has 0 bridgehead atoms. The number of nitrogens with two attached hydrogens (primary N) is 1. The fourth-order valence-corrected chi connectivity index (χ4v) is 1.82. The number of Topliss-reactive ketones (excluding diaryl/α,β-unsaturated/α-hetero) is 1. The molecule has 0 radical (unpaired) electrons. The summed E-state index contributed by atoms with van der Waals surface area (Å²) >= 11 is 0. The monoisotopic (exact) mass is 356 g/mol. The van der Waals surface area contributed by atoms with E-state index >= 15 is 0 Å². The second-order valence-electron chi connectivity index (χ2n) is 4.65. The maximum Gasteiger partial charge on any atom is 0.408 e. The third-order valence-electron chi connectivity index (χ3n) is 3.05. The van der Waals surface area contributed by atoms with Gasteiger partial charge >= 0.3 is 12.1 Å². The van der Waals surface area contributed by atoms with Crippen LogP contribution in [0.1, 0.15) is 46.5 Å². The standard InChI is InChI=1S/C15H21NO5.C2H6.CH5N/c1-3-12(17)9-13(14(18)20-2)16-15(19)21-10-11-7-5-4-6-8-11;2*1-2/h5,7-8,13H,3-4,6,9-10H2,1-2H3,(H,16,19);1-2H3;2H2,1H3. The molecule has 0 aromatic heterocycles. The minimum atomic E-state index is -1.01. The second-order valence-corrected chi connectivity index (χ2v) is 4.65. The van der Waals surface area contributed by atoms with Gasteiger partial charge in [-0.05, 0) is 25.5 Å². The van der Waals surface area contributed by atoms with Crippen molar-refractivity contribution in [2.75, 3.05) is 20.8 Å². The quantitative estimate of drug-likeness (QED) is 0.679. The van der Waals surface area contributed by atoms with E-state index in [1.165, 1.54) is 14.2 Å². The van der Waals surface area contributed by atoms with Crippen LogP contribution in [-0.2, 0) is 19.1 Å². The second kappa shape index (κ2) is 16.7. The summed E-state index contributed by atoms with van der Waals surface area (Å²) in [5, 5.41) is 2.36. The summed E-state index contributed by atoms with van der Waals surface area (Å²) in [5.41, 5.74) is 5.41. The third kappa shape index (κ3) is 11.9. The van der Waals surface area contributed by atoms with Crippen LogP contribution in [0.25, 0.3) is 0 Å². The highest BCUT2D eigenvalue weighted by atomic mass is 16.6. The Hall–Kier alpha value is -2.15. The molecule has 25 heavy (non-hydrogen) atoms. The number of ether oxygens (including phenoxy) is 2. The van der Waals surface area contributed by atoms with Gasteiger partial charge in [0.2, 0.25) is 0 Å². The average molecular weight is 356 g/mol. The summed E-state index contributed by atoms with van der Waals surface area (Å²) in [5.74, 6) is -0.797. The summed E-state index contributed by atoms with van der Waals surface area (Å²) in [6.45, 7) is 5.83. The van der Waals surface area contributed by atoms with Gasteiger partial charge in [-0.25, -0.2) is 9.59 Å². The van der Waals surface area contributed by atoms with Crippen LogP contribution >= 0.6 is 0 Å². The summed E-state index contributed by atoms with van der Waals surface area (Å²) in [7, 11) is 2.70. The van der Waals surface area contributed by atoms with Gasteiger partial charge in [0.1, 0.15) is 18.4 Å². The van der Waals surface area contributed by atoms with Gasteiger partial charge in [0.25, 0.3) is 0 Å². The van der Waals surface area contributed by atoms with Gasteiger partial charge in [-0.2, -0.15) is 0 Å². The predicted molar refractivity (Wildman–Crippen MR) is 98.1 cm³/mol. The number of rotatable bonds is 7. The van der Waals surface area contributed by atoms with E-state index in [1.807, 2.05) is 32.1 Å². The molecule has 0 saturated carbocycles. The summed E-state index contributed by atoms with van der Waals surface area (Å²) < 4.78 is 9.60. The number of esters is 1. The van der Waals surface area contributed by atoms with E-state index in [0.717, 1.165) is 18.4 Å². The lowest BCUT2D eigenvalue weighted by molar-refractivity contribution is -0.144. The molecule has 1 amide bonds. The molecule has 1 atom stereocenters. The van der Waals surface area contributed by atoms with Gasteiger partial charge in [-0.3, -0.25) is 4.79 Å². The molecule has 1 aliphatic rings. The largest absolute Gasteiger partial charge is 0.467 e. The molecule has 1 aliphatic carbocycles. The van der Waals surface area contributed by atoms with Crippen molar-refractivity contribution < 1.29 is 23.9 Å². The van der Waals surface area contributed by atoms with Crippen LogP contribution in [0.5, 0.6) is 0 Å². The van der Waals surface area contributed by atoms with Crippen LogP contribution < -0.4 is 11.1 Å². The summed E-state index contributed by atoms with van der Waals surface area (Å²) in [6.07, 6.45) is 7.26. The molecule has 0 spiro atoms. The maximum atomic E-state index is 11.7. The number of nitrogens with one attached hydrogen (secondary N) is 1. The van der Waals surface area contributed by atoms with Crippen molar-refractivity contribution in [1.29, 1.82) is 0 Å². The Labute approximate surface area is 150 Å². The number of hydrogen-bond acceptors (Lipinski definition) is 6. The van der Waals surface area contributed by atoms with Gasteiger partial charge < -0.3 is 20.5 Å². The number of amides is 1. The zero-order valence-corrected chi connectivity index (χ0v) is 16.0. The van der Waals surface area contributed by atoms with Crippen molar-refractivity contribution in [1.82, 2.24) is 5.32 Å². The molecule has 1 unspecified atom stereocenters. The average Bonchev–Trinajstić information content (AvgIpc) is 2.69. The predicted octanol–water partition coefficient (Wildman–Crippen LogP) is 2.50. The van der Waals surface area contributed by atoms with Crippen molar-refractivity contribution in [3.05, 3.63) is 23.8 Å². The first-order chi connectivity index (χ1) is 12.1. The number of allylic oxidation sites excluding steroid dienone is 2. The van der Waals surface area contributed by atoms with E-state index in [-0.39, 0.29) is 18.8 Å². The fourth-order valence-electron chi connectivity index (χ4n) is 1.82. The lowest BCUT2D eigenvalue weighted by Gasteiger charge is -2.16. The number of ketones is 1. The molecule has 0 heterocycles. The number of carbonyl (C=O) groups is 3. The fraction of sp³-hybridized carbons (Fsp3) is 0.611. The number of carbonyl (C=O) groups excluding carboxylic acids is 3. The first-order valence-corrected chi connectivity index (χ1v) is 8.53. The highest BCUT2D eigenvalue weighted by Gasteiger charge is 2.24. The zero-order valence-electron chi connectivity index (χ0n) is 16.0. The van der Waals surface area contributed by atoms with Gasteiger partial charge in [-0.1, -0.05) is 39.0 Å². The molecule has 0 saturated heterocycles. The summed E-state index contributed by atoms with van der Waals surface area (Å²) in [6, 6.07) is -1.01. The van der Waals surface area contributed by atoms with Crippen molar-refractivity contribution in [2.24, 2.45) is 5.73 Å². The minimum absolute atomic E-state index is 0.0964. The van der Waals surface area contributed by atoms with Crippen LogP contribution in [-0.4, -0.2) is 44.7 Å². The molecule has 144 valence electrons. The molecular weight excluding hydrogens is 324 g/mol. The van der Waals surface area contributed by atoms with Crippen LogP contribution in [0.3, 0.4) is 0 Å². The van der Waals surface area contributed by atoms with E-state index in [9.17, 15) is 14.4 Å². The van der Waals surface area contributed by atoms with Gasteiger partial charge in [0.05, 0.1) is 7.11 Å². The molecule has 3 N–H and O–H groups in total. The normalized spacial score (nSPS) is 13.0. The number of hydrogen-bond donors (Lipinski definition) is 2. The van der Waals surface area contributed by atoms with Gasteiger partial charge in [-0.15, -0.1) is 0 Å². The van der Waals surface area contributed by atoms with Crippen LogP contribution in [0.15, 0.2) is 23.8 Å². The number of methoxy groups -OCH3 is 1. The van der Waals surface area contributed by atoms with Crippen molar-refractivity contribution in [2.45, 2.75) is 52.5 Å². The van der Waals surface area contributed by atoms with E-state index in [1.54, 1.807) is 6.92 Å². The maximum absolute atomic E-state index is 11.7. The molecule has 7 heteroatoms. The Balaban J connectivity index is 0. The van der Waals surface area contributed by atoms with Crippen molar-refractivity contribution in [3.8, 4) is 0 Å². The van der Waals surface area contributed by atoms with Crippen LogP contribution in [0, 0.1) is 0 Å². The molecule has 0 fully saturated rings. The number of alkyl carbamates (subject to hydrolysis) is 1. The molecule has 0 aromatic carbocycles. The Bertz CT molecular complexity index is 458. The molecule has 7 nitrogen and oxygen atoms in total. The van der Waals surface area contributed by atoms with Crippen LogP contribution in [0.4, 0.5) is 4.79 Å². The van der Waals surface area contributed by atoms with Crippen LogP contribution in [0.2, 0.25) is 0 Å². The van der Waals surface area contributed by atoms with Gasteiger partial charge in [0, 0.05) is 12.8 Å². The van der Waals surface area contributed by atoms with E-state index in [0.29, 0.717) is 6.42 Å². The van der Waals surface area contributed by atoms with E-state index < -0.39 is 18.1 Å². The first kappa shape index (κ1) is 25.1. The molecule has 0 aromatic rings.